The van der Waals surface area contributed by atoms with Crippen molar-refractivity contribution in [3.63, 3.8) is 0 Å². The van der Waals surface area contributed by atoms with Gasteiger partial charge in [-0.2, -0.15) is 0 Å². The number of hydrogen-bond donors (Lipinski definition) is 1. The highest BCUT2D eigenvalue weighted by Crippen LogP contribution is 2.27. The molecule has 0 unspecified atom stereocenters. The van der Waals surface area contributed by atoms with Crippen LogP contribution in [-0.4, -0.2) is 30.6 Å². The summed E-state index contributed by atoms with van der Waals surface area (Å²) in [4.78, 5) is 26.6. The Morgan fingerprint density at radius 1 is 1.32 bits per heavy atom. The van der Waals surface area contributed by atoms with Gasteiger partial charge in [-0.25, -0.2) is 9.59 Å². The molecule has 0 radical (unpaired) electrons. The van der Waals surface area contributed by atoms with Gasteiger partial charge in [-0.15, -0.1) is 0 Å². The lowest BCUT2D eigenvalue weighted by molar-refractivity contribution is 0.0499. The van der Waals surface area contributed by atoms with E-state index in [2.05, 4.69) is 20.9 Å². The van der Waals surface area contributed by atoms with Crippen LogP contribution < -0.4 is 0 Å². The molecule has 1 heterocycles. The summed E-state index contributed by atoms with van der Waals surface area (Å²) in [5.74, 6) is -1.15. The zero-order chi connectivity index (χ0) is 14.0. The molecule has 6 heteroatoms. The van der Waals surface area contributed by atoms with Gasteiger partial charge >= 0.3 is 11.9 Å². The summed E-state index contributed by atoms with van der Waals surface area (Å²) < 4.78 is 10.5. The van der Waals surface area contributed by atoms with Crippen LogP contribution in [0.1, 0.15) is 27.8 Å². The predicted octanol–water partition coefficient (Wildman–Crippen LogP) is 2.89. The zero-order valence-corrected chi connectivity index (χ0v) is 12.0. The number of H-pyrrole nitrogens is 1. The van der Waals surface area contributed by atoms with E-state index in [-0.39, 0.29) is 17.9 Å². The zero-order valence-electron chi connectivity index (χ0n) is 10.5. The monoisotopic (exact) mass is 325 g/mol. The van der Waals surface area contributed by atoms with E-state index in [4.69, 9.17) is 9.47 Å². The van der Waals surface area contributed by atoms with Crippen molar-refractivity contribution in [2.24, 2.45) is 0 Å². The fraction of sp³-hybridized carbons (Fsp3) is 0.231. The standard InChI is InChI=1S/C13H12BrNO4/c1-3-19-13(17)11-10(12(16)18-2)8-6-7(14)4-5-9(8)15-11/h4-6,15H,3H2,1-2H3. The first-order chi connectivity index (χ1) is 9.08. The van der Waals surface area contributed by atoms with Gasteiger partial charge in [0.25, 0.3) is 0 Å². The molecule has 0 bridgehead atoms. The molecule has 100 valence electrons. The Hall–Kier alpha value is -1.82. The Morgan fingerprint density at radius 2 is 2.05 bits per heavy atom. The van der Waals surface area contributed by atoms with Gasteiger partial charge < -0.3 is 14.5 Å². The number of benzene rings is 1. The number of aromatic nitrogens is 1. The number of hydrogen-bond acceptors (Lipinski definition) is 4. The van der Waals surface area contributed by atoms with E-state index in [1.807, 2.05) is 6.07 Å². The lowest BCUT2D eigenvalue weighted by Gasteiger charge is -2.02. The van der Waals surface area contributed by atoms with E-state index in [1.54, 1.807) is 19.1 Å². The van der Waals surface area contributed by atoms with E-state index < -0.39 is 11.9 Å². The topological polar surface area (TPSA) is 68.4 Å². The van der Waals surface area contributed by atoms with Crippen molar-refractivity contribution in [3.8, 4) is 0 Å². The fourth-order valence-electron chi connectivity index (χ4n) is 1.83. The van der Waals surface area contributed by atoms with E-state index in [0.717, 1.165) is 4.47 Å². The van der Waals surface area contributed by atoms with Gasteiger partial charge in [0, 0.05) is 15.4 Å². The van der Waals surface area contributed by atoms with Crippen LogP contribution in [0.3, 0.4) is 0 Å². The molecule has 5 nitrogen and oxygen atoms in total. The van der Waals surface area contributed by atoms with Crippen LogP contribution in [0.4, 0.5) is 0 Å². The lowest BCUT2D eigenvalue weighted by Crippen LogP contribution is -2.12. The smallest absolute Gasteiger partial charge is 0.355 e. The summed E-state index contributed by atoms with van der Waals surface area (Å²) in [6, 6.07) is 5.34. The molecule has 0 saturated heterocycles. The minimum atomic E-state index is -0.576. The number of nitrogens with one attached hydrogen (secondary N) is 1. The van der Waals surface area contributed by atoms with Crippen LogP contribution in [0.25, 0.3) is 10.9 Å². The van der Waals surface area contributed by atoms with Crippen LogP contribution in [0.15, 0.2) is 22.7 Å². The van der Waals surface area contributed by atoms with E-state index >= 15 is 0 Å². The van der Waals surface area contributed by atoms with Crippen molar-refractivity contribution >= 4 is 38.8 Å². The largest absolute Gasteiger partial charge is 0.465 e. The number of aromatic amines is 1. The van der Waals surface area contributed by atoms with E-state index in [9.17, 15) is 9.59 Å². The van der Waals surface area contributed by atoms with Crippen LogP contribution in [0.5, 0.6) is 0 Å². The number of fused-ring (bicyclic) bond motifs is 1. The molecule has 2 aromatic rings. The Bertz CT molecular complexity index is 647. The summed E-state index contributed by atoms with van der Waals surface area (Å²) in [6.45, 7) is 1.94. The van der Waals surface area contributed by atoms with Gasteiger partial charge in [-0.1, -0.05) is 15.9 Å². The maximum atomic E-state index is 11.9. The maximum Gasteiger partial charge on any atom is 0.355 e. The van der Waals surface area contributed by atoms with Crippen LogP contribution in [0.2, 0.25) is 0 Å². The molecule has 1 aromatic heterocycles. The summed E-state index contributed by atoms with van der Waals surface area (Å²) in [6.07, 6.45) is 0. The number of carbonyl (C=O) groups is 2. The predicted molar refractivity (Wildman–Crippen MR) is 73.3 cm³/mol. The van der Waals surface area contributed by atoms with Crippen molar-refractivity contribution in [2.45, 2.75) is 6.92 Å². The molecule has 0 atom stereocenters. The maximum absolute atomic E-state index is 11.9. The molecule has 2 rings (SSSR count). The Balaban J connectivity index is 2.68. The normalized spacial score (nSPS) is 10.5. The van der Waals surface area contributed by atoms with Gasteiger partial charge in [0.15, 0.2) is 0 Å². The highest BCUT2D eigenvalue weighted by molar-refractivity contribution is 9.10. The molecule has 0 amide bonds. The third-order valence-corrected chi connectivity index (χ3v) is 3.12. The summed E-state index contributed by atoms with van der Waals surface area (Å²) >= 11 is 3.33. The molecule has 0 aliphatic heterocycles. The van der Waals surface area contributed by atoms with Crippen molar-refractivity contribution in [2.75, 3.05) is 13.7 Å². The summed E-state index contributed by atoms with van der Waals surface area (Å²) in [5, 5.41) is 0.615. The van der Waals surface area contributed by atoms with Crippen LogP contribution in [-0.2, 0) is 9.47 Å². The molecule has 0 fully saturated rings. The Kier molecular flexibility index (Phi) is 3.90. The number of rotatable bonds is 3. The average Bonchev–Trinajstić information content (AvgIpc) is 2.76. The quantitative estimate of drug-likeness (QED) is 0.881. The highest BCUT2D eigenvalue weighted by atomic mass is 79.9. The highest BCUT2D eigenvalue weighted by Gasteiger charge is 2.24. The average molecular weight is 326 g/mol. The fourth-order valence-corrected chi connectivity index (χ4v) is 2.20. The molecule has 1 N–H and O–H groups in total. The first-order valence-electron chi connectivity index (χ1n) is 5.65. The number of halogens is 1. The molecule has 0 spiro atoms. The van der Waals surface area contributed by atoms with Crippen molar-refractivity contribution in [1.82, 2.24) is 4.98 Å². The second kappa shape index (κ2) is 5.44. The van der Waals surface area contributed by atoms with E-state index in [0.29, 0.717) is 10.9 Å². The van der Waals surface area contributed by atoms with Gasteiger partial charge in [0.2, 0.25) is 0 Å². The van der Waals surface area contributed by atoms with E-state index in [1.165, 1.54) is 7.11 Å². The second-order valence-corrected chi connectivity index (χ2v) is 4.69. The van der Waals surface area contributed by atoms with Gasteiger partial charge in [-0.3, -0.25) is 0 Å². The minimum absolute atomic E-state index is 0.113. The third kappa shape index (κ3) is 2.49. The third-order valence-electron chi connectivity index (χ3n) is 2.63. The summed E-state index contributed by atoms with van der Waals surface area (Å²) in [7, 11) is 1.27. The van der Waals surface area contributed by atoms with Gasteiger partial charge in [0.05, 0.1) is 19.3 Å². The Labute approximate surface area is 118 Å². The molecular formula is C13H12BrNO4. The number of carbonyl (C=O) groups excluding carboxylic acids is 2. The van der Waals surface area contributed by atoms with Crippen molar-refractivity contribution in [1.29, 1.82) is 0 Å². The van der Waals surface area contributed by atoms with Crippen LogP contribution >= 0.6 is 15.9 Å². The molecule has 1 aromatic carbocycles. The first-order valence-corrected chi connectivity index (χ1v) is 6.44. The van der Waals surface area contributed by atoms with Crippen molar-refractivity contribution < 1.29 is 19.1 Å². The molecule has 0 saturated carbocycles. The molecule has 19 heavy (non-hydrogen) atoms. The minimum Gasteiger partial charge on any atom is -0.465 e. The summed E-state index contributed by atoms with van der Waals surface area (Å²) in [5.41, 5.74) is 0.978. The van der Waals surface area contributed by atoms with Gasteiger partial charge in [0.1, 0.15) is 5.69 Å². The van der Waals surface area contributed by atoms with Gasteiger partial charge in [-0.05, 0) is 25.1 Å². The van der Waals surface area contributed by atoms with Crippen LogP contribution in [0, 0.1) is 0 Å². The number of esters is 2. The first kappa shape index (κ1) is 13.6. The molecule has 0 aliphatic rings. The Morgan fingerprint density at radius 3 is 2.68 bits per heavy atom. The second-order valence-electron chi connectivity index (χ2n) is 3.78. The number of ether oxygens (including phenoxy) is 2. The number of methoxy groups -OCH3 is 1. The lowest BCUT2D eigenvalue weighted by atomic mass is 10.1. The molecular weight excluding hydrogens is 314 g/mol. The van der Waals surface area contributed by atoms with Crippen molar-refractivity contribution in [3.05, 3.63) is 33.9 Å². The molecule has 0 aliphatic carbocycles. The SMILES string of the molecule is CCOC(=O)c1[nH]c2ccc(Br)cc2c1C(=O)OC.